The van der Waals surface area contributed by atoms with Gasteiger partial charge in [0.1, 0.15) is 17.4 Å². The fraction of sp³-hybridized carbons (Fsp3) is 0.174. The topological polar surface area (TPSA) is 70.8 Å². The number of hydrogen-bond donors (Lipinski definition) is 0. The molecule has 3 aromatic rings. The second-order valence-electron chi connectivity index (χ2n) is 7.27. The van der Waals surface area contributed by atoms with E-state index in [0.29, 0.717) is 36.0 Å². The lowest BCUT2D eigenvalue weighted by Crippen LogP contribution is -2.29. The summed E-state index contributed by atoms with van der Waals surface area (Å²) in [6.07, 6.45) is 4.84. The summed E-state index contributed by atoms with van der Waals surface area (Å²) in [4.78, 5) is 14.0. The number of sulfonamides is 1. The molecule has 0 saturated carbocycles. The highest BCUT2D eigenvalue weighted by molar-refractivity contribution is 7.93. The van der Waals surface area contributed by atoms with Gasteiger partial charge in [0, 0.05) is 18.7 Å². The van der Waals surface area contributed by atoms with E-state index in [2.05, 4.69) is 0 Å². The van der Waals surface area contributed by atoms with Crippen LogP contribution in [0, 0.1) is 11.6 Å². The number of carbonyl (C=O) groups excluding carboxylic acids is 1. The van der Waals surface area contributed by atoms with Crippen LogP contribution in [0.3, 0.4) is 0 Å². The molecule has 1 aliphatic heterocycles. The third-order valence-electron chi connectivity index (χ3n) is 5.06. The Kier molecular flexibility index (Phi) is 6.09. The predicted molar refractivity (Wildman–Crippen MR) is 117 cm³/mol. The Morgan fingerprint density at radius 2 is 1.91 bits per heavy atom. The molecule has 2 aromatic carbocycles. The van der Waals surface area contributed by atoms with Crippen molar-refractivity contribution in [3.05, 3.63) is 89.9 Å². The van der Waals surface area contributed by atoms with Crippen LogP contribution in [-0.4, -0.2) is 26.6 Å². The van der Waals surface area contributed by atoms with Crippen molar-refractivity contribution in [2.75, 3.05) is 21.5 Å². The van der Waals surface area contributed by atoms with Crippen molar-refractivity contribution in [3.63, 3.8) is 0 Å². The molecule has 1 amide bonds. The summed E-state index contributed by atoms with van der Waals surface area (Å²) < 4.78 is 58.4. The minimum Gasteiger partial charge on any atom is -0.467 e. The second kappa shape index (κ2) is 8.96. The average Bonchev–Trinajstić information content (AvgIpc) is 3.40. The Morgan fingerprint density at radius 3 is 2.53 bits per heavy atom. The number of benzene rings is 2. The van der Waals surface area contributed by atoms with Gasteiger partial charge in [-0.05, 0) is 54.5 Å². The quantitative estimate of drug-likeness (QED) is 0.515. The van der Waals surface area contributed by atoms with Gasteiger partial charge >= 0.3 is 0 Å². The summed E-state index contributed by atoms with van der Waals surface area (Å²) in [7, 11) is -3.27. The zero-order valence-electron chi connectivity index (χ0n) is 16.9. The number of rotatable bonds is 6. The maximum atomic E-state index is 14.4. The number of anilines is 2. The van der Waals surface area contributed by atoms with Crippen molar-refractivity contribution in [3.8, 4) is 0 Å². The van der Waals surface area contributed by atoms with E-state index in [4.69, 9.17) is 4.42 Å². The zero-order chi connectivity index (χ0) is 22.7. The molecular weight excluding hydrogens is 438 g/mol. The first-order valence-corrected chi connectivity index (χ1v) is 11.5. The molecule has 1 aliphatic rings. The minimum atomic E-state index is -3.27. The van der Waals surface area contributed by atoms with E-state index in [-0.39, 0.29) is 18.0 Å². The standard InChI is InChI=1S/C23H20F2N2O4S/c24-18-7-10-22(21(25)15-18)26(16-20-3-1-13-31-20)23(28)11-6-17-4-8-19(9-5-17)27-12-2-14-32(27,29)30/h1,3-11,13,15H,2,12,14,16H2/b11-6+. The van der Waals surface area contributed by atoms with Crippen LogP contribution in [0.25, 0.3) is 6.08 Å². The molecule has 1 fully saturated rings. The van der Waals surface area contributed by atoms with Gasteiger partial charge in [0.2, 0.25) is 10.0 Å². The average molecular weight is 458 g/mol. The van der Waals surface area contributed by atoms with E-state index in [9.17, 15) is 22.0 Å². The van der Waals surface area contributed by atoms with Crippen LogP contribution < -0.4 is 9.21 Å². The predicted octanol–water partition coefficient (Wildman–Crippen LogP) is 4.34. The molecule has 0 spiro atoms. The second-order valence-corrected chi connectivity index (χ2v) is 9.28. The van der Waals surface area contributed by atoms with E-state index in [1.165, 1.54) is 22.7 Å². The van der Waals surface area contributed by atoms with E-state index in [1.54, 1.807) is 42.5 Å². The van der Waals surface area contributed by atoms with Gasteiger partial charge in [0.05, 0.1) is 29.9 Å². The van der Waals surface area contributed by atoms with Crippen LogP contribution in [0.15, 0.2) is 71.4 Å². The molecule has 0 atom stereocenters. The molecule has 9 heteroatoms. The lowest BCUT2D eigenvalue weighted by atomic mass is 10.2. The Bertz CT molecular complexity index is 1240. The highest BCUT2D eigenvalue weighted by atomic mass is 32.2. The molecule has 2 heterocycles. The summed E-state index contributed by atoms with van der Waals surface area (Å²) in [5.41, 5.74) is 1.15. The number of hydrogen-bond acceptors (Lipinski definition) is 4. The highest BCUT2D eigenvalue weighted by Gasteiger charge is 2.28. The first-order chi connectivity index (χ1) is 15.3. The van der Waals surface area contributed by atoms with Crippen molar-refractivity contribution >= 4 is 33.4 Å². The van der Waals surface area contributed by atoms with Gasteiger partial charge in [-0.3, -0.25) is 14.0 Å². The number of furan rings is 1. The van der Waals surface area contributed by atoms with Crippen molar-refractivity contribution < 1.29 is 26.4 Å². The first kappa shape index (κ1) is 21.8. The van der Waals surface area contributed by atoms with Crippen LogP contribution >= 0.6 is 0 Å². The van der Waals surface area contributed by atoms with Gasteiger partial charge in [-0.2, -0.15) is 0 Å². The molecular formula is C23H20F2N2O4S. The summed E-state index contributed by atoms with van der Waals surface area (Å²) >= 11 is 0. The third-order valence-corrected chi connectivity index (χ3v) is 6.93. The Balaban J connectivity index is 1.55. The third kappa shape index (κ3) is 4.72. The largest absolute Gasteiger partial charge is 0.467 e. The molecule has 0 bridgehead atoms. The van der Waals surface area contributed by atoms with Gasteiger partial charge in [-0.15, -0.1) is 0 Å². The number of carbonyl (C=O) groups is 1. The van der Waals surface area contributed by atoms with E-state index in [1.807, 2.05) is 0 Å². The molecule has 1 saturated heterocycles. The Hall–Kier alpha value is -3.46. The summed E-state index contributed by atoms with van der Waals surface area (Å²) in [6, 6.07) is 13.0. The van der Waals surface area contributed by atoms with Gasteiger partial charge in [0.25, 0.3) is 5.91 Å². The van der Waals surface area contributed by atoms with Crippen LogP contribution in [0.1, 0.15) is 17.7 Å². The fourth-order valence-corrected chi connectivity index (χ4v) is 5.04. The molecule has 0 aliphatic carbocycles. The van der Waals surface area contributed by atoms with E-state index in [0.717, 1.165) is 11.0 Å². The van der Waals surface area contributed by atoms with Crippen LogP contribution in [-0.2, 0) is 21.4 Å². The summed E-state index contributed by atoms with van der Waals surface area (Å²) in [5.74, 6) is -1.57. The molecule has 0 N–H and O–H groups in total. The molecule has 6 nitrogen and oxygen atoms in total. The van der Waals surface area contributed by atoms with E-state index >= 15 is 0 Å². The Morgan fingerprint density at radius 1 is 1.12 bits per heavy atom. The highest BCUT2D eigenvalue weighted by Crippen LogP contribution is 2.25. The van der Waals surface area contributed by atoms with Crippen LogP contribution in [0.5, 0.6) is 0 Å². The van der Waals surface area contributed by atoms with Gasteiger partial charge < -0.3 is 4.42 Å². The molecule has 1 aromatic heterocycles. The molecule has 166 valence electrons. The summed E-state index contributed by atoms with van der Waals surface area (Å²) in [5, 5.41) is 0. The van der Waals surface area contributed by atoms with E-state index < -0.39 is 27.6 Å². The van der Waals surface area contributed by atoms with Crippen molar-refractivity contribution in [2.24, 2.45) is 0 Å². The zero-order valence-corrected chi connectivity index (χ0v) is 17.8. The van der Waals surface area contributed by atoms with Crippen LogP contribution in [0.4, 0.5) is 20.2 Å². The lowest BCUT2D eigenvalue weighted by molar-refractivity contribution is -0.114. The smallest absolute Gasteiger partial charge is 0.251 e. The molecule has 0 unspecified atom stereocenters. The summed E-state index contributed by atoms with van der Waals surface area (Å²) in [6.45, 7) is 0.408. The lowest BCUT2D eigenvalue weighted by Gasteiger charge is -2.21. The number of amides is 1. The molecule has 4 rings (SSSR count). The monoisotopic (exact) mass is 458 g/mol. The number of halogens is 2. The maximum Gasteiger partial charge on any atom is 0.251 e. The minimum absolute atomic E-state index is 0.0372. The van der Waals surface area contributed by atoms with Gasteiger partial charge in [-0.25, -0.2) is 17.2 Å². The van der Waals surface area contributed by atoms with Gasteiger partial charge in [-0.1, -0.05) is 12.1 Å². The fourth-order valence-electron chi connectivity index (χ4n) is 3.48. The molecule has 32 heavy (non-hydrogen) atoms. The van der Waals surface area contributed by atoms with Gasteiger partial charge in [0.15, 0.2) is 0 Å². The Labute approximate surface area is 184 Å². The van der Waals surface area contributed by atoms with Crippen LogP contribution in [0.2, 0.25) is 0 Å². The number of nitrogens with zero attached hydrogens (tertiary/aromatic N) is 2. The van der Waals surface area contributed by atoms with Crippen molar-refractivity contribution in [2.45, 2.75) is 13.0 Å². The first-order valence-electron chi connectivity index (χ1n) is 9.91. The normalized spacial score (nSPS) is 15.4. The van der Waals surface area contributed by atoms with Crippen molar-refractivity contribution in [1.82, 2.24) is 0 Å². The van der Waals surface area contributed by atoms with Crippen molar-refractivity contribution in [1.29, 1.82) is 0 Å². The molecule has 0 radical (unpaired) electrons. The maximum absolute atomic E-state index is 14.4. The SMILES string of the molecule is O=C(/C=C/c1ccc(N2CCCS2(=O)=O)cc1)N(Cc1ccco1)c1ccc(F)cc1F.